The van der Waals surface area contributed by atoms with Crippen LogP contribution >= 0.6 is 11.8 Å². The Balaban J connectivity index is 2.12. The average Bonchev–Trinajstić information content (AvgIpc) is 2.97. The van der Waals surface area contributed by atoms with Gasteiger partial charge in [0.05, 0.1) is 0 Å². The van der Waals surface area contributed by atoms with E-state index >= 15 is 0 Å². The van der Waals surface area contributed by atoms with Crippen LogP contribution in [-0.4, -0.2) is 11.2 Å². The number of H-pyrrole nitrogens is 1. The van der Waals surface area contributed by atoms with Crippen molar-refractivity contribution in [3.8, 4) is 0 Å². The Morgan fingerprint density at radius 1 is 1.29 bits per heavy atom. The van der Waals surface area contributed by atoms with Gasteiger partial charge in [0.15, 0.2) is 0 Å². The van der Waals surface area contributed by atoms with Crippen molar-refractivity contribution < 1.29 is 0 Å². The molecule has 0 amide bonds. The predicted molar refractivity (Wildman–Crippen MR) is 62.1 cm³/mol. The monoisotopic (exact) mass is 203 g/mol. The minimum absolute atomic E-state index is 0.820. The Morgan fingerprint density at radius 3 is 2.86 bits per heavy atom. The molecule has 1 nitrogen and oxygen atoms in total. The minimum atomic E-state index is 0.820. The molecule has 1 aliphatic rings. The summed E-state index contributed by atoms with van der Waals surface area (Å²) >= 11 is 1.80. The first kappa shape index (κ1) is 8.42. The van der Waals surface area contributed by atoms with Crippen molar-refractivity contribution in [2.75, 3.05) is 6.26 Å². The zero-order valence-electron chi connectivity index (χ0n) is 8.21. The molecule has 0 aliphatic heterocycles. The van der Waals surface area contributed by atoms with E-state index in [9.17, 15) is 0 Å². The highest BCUT2D eigenvalue weighted by atomic mass is 32.2. The van der Waals surface area contributed by atoms with E-state index in [0.29, 0.717) is 0 Å². The Hall–Kier alpha value is -0.890. The van der Waals surface area contributed by atoms with Crippen LogP contribution in [0.4, 0.5) is 0 Å². The molecule has 0 unspecified atom stereocenters. The molecule has 0 radical (unpaired) electrons. The molecule has 1 aromatic carbocycles. The van der Waals surface area contributed by atoms with Crippen LogP contribution in [-0.2, 0) is 0 Å². The lowest BCUT2D eigenvalue weighted by atomic mass is 10.2. The van der Waals surface area contributed by atoms with Crippen LogP contribution in [0.1, 0.15) is 24.5 Å². The average molecular weight is 203 g/mol. The number of rotatable bonds is 2. The smallest absolute Gasteiger partial charge is 0.0467 e. The quantitative estimate of drug-likeness (QED) is 0.735. The molecular formula is C12H13NS. The number of nitrogens with one attached hydrogen (secondary N) is 1. The van der Waals surface area contributed by atoms with Gasteiger partial charge in [0.1, 0.15) is 0 Å². The molecule has 0 spiro atoms. The molecule has 0 atom stereocenters. The van der Waals surface area contributed by atoms with Crippen molar-refractivity contribution in [1.82, 2.24) is 4.98 Å². The van der Waals surface area contributed by atoms with Gasteiger partial charge >= 0.3 is 0 Å². The van der Waals surface area contributed by atoms with E-state index in [2.05, 4.69) is 35.5 Å². The van der Waals surface area contributed by atoms with Crippen molar-refractivity contribution in [2.45, 2.75) is 23.7 Å². The van der Waals surface area contributed by atoms with Crippen molar-refractivity contribution in [2.24, 2.45) is 0 Å². The topological polar surface area (TPSA) is 15.8 Å². The summed E-state index contributed by atoms with van der Waals surface area (Å²) < 4.78 is 0. The summed E-state index contributed by atoms with van der Waals surface area (Å²) in [5, 5.41) is 1.35. The number of fused-ring (bicyclic) bond motifs is 1. The number of thioether (sulfide) groups is 1. The Labute approximate surface area is 87.9 Å². The van der Waals surface area contributed by atoms with Gasteiger partial charge in [-0.15, -0.1) is 11.8 Å². The molecule has 1 aliphatic carbocycles. The third-order valence-corrected chi connectivity index (χ3v) is 3.59. The second-order valence-electron chi connectivity index (χ2n) is 3.95. The van der Waals surface area contributed by atoms with Gasteiger partial charge in [0.2, 0.25) is 0 Å². The SMILES string of the molecule is CSc1ccc2cc(C3CC3)[nH]c2c1. The fourth-order valence-electron chi connectivity index (χ4n) is 1.87. The molecule has 0 saturated heterocycles. The van der Waals surface area contributed by atoms with Crippen LogP contribution in [0, 0.1) is 0 Å². The first-order valence-corrected chi connectivity index (χ1v) is 6.26. The highest BCUT2D eigenvalue weighted by Gasteiger charge is 2.24. The minimum Gasteiger partial charge on any atom is -0.358 e. The standard InChI is InChI=1S/C12H13NS/c1-14-10-5-4-9-6-11(8-2-3-8)13-12(9)7-10/h4-8,13H,2-3H2,1H3. The van der Waals surface area contributed by atoms with Gasteiger partial charge in [-0.2, -0.15) is 0 Å². The van der Waals surface area contributed by atoms with Gasteiger partial charge in [-0.3, -0.25) is 0 Å². The first-order chi connectivity index (χ1) is 6.86. The zero-order valence-corrected chi connectivity index (χ0v) is 9.03. The summed E-state index contributed by atoms with van der Waals surface area (Å²) in [6.45, 7) is 0. The van der Waals surface area contributed by atoms with Crippen LogP contribution in [0.3, 0.4) is 0 Å². The molecule has 1 heterocycles. The highest BCUT2D eigenvalue weighted by molar-refractivity contribution is 7.98. The predicted octanol–water partition coefficient (Wildman–Crippen LogP) is 3.77. The fourth-order valence-corrected chi connectivity index (χ4v) is 2.31. The van der Waals surface area contributed by atoms with Crippen molar-refractivity contribution in [3.63, 3.8) is 0 Å². The number of benzene rings is 1. The van der Waals surface area contributed by atoms with Gasteiger partial charge in [-0.25, -0.2) is 0 Å². The summed E-state index contributed by atoms with van der Waals surface area (Å²) in [5.74, 6) is 0.820. The lowest BCUT2D eigenvalue weighted by Crippen LogP contribution is -1.75. The van der Waals surface area contributed by atoms with Gasteiger partial charge in [0, 0.05) is 16.1 Å². The molecule has 2 aromatic rings. The van der Waals surface area contributed by atoms with E-state index in [1.54, 1.807) is 11.8 Å². The van der Waals surface area contributed by atoms with E-state index in [-0.39, 0.29) is 0 Å². The third-order valence-electron chi connectivity index (χ3n) is 2.87. The maximum atomic E-state index is 3.52. The zero-order chi connectivity index (χ0) is 9.54. The molecule has 0 bridgehead atoms. The number of hydrogen-bond donors (Lipinski definition) is 1. The first-order valence-electron chi connectivity index (χ1n) is 5.03. The molecule has 14 heavy (non-hydrogen) atoms. The van der Waals surface area contributed by atoms with E-state index < -0.39 is 0 Å². The van der Waals surface area contributed by atoms with Gasteiger partial charge in [-0.1, -0.05) is 6.07 Å². The maximum Gasteiger partial charge on any atom is 0.0467 e. The summed E-state index contributed by atoms with van der Waals surface area (Å²) in [4.78, 5) is 4.85. The third kappa shape index (κ3) is 1.34. The second kappa shape index (κ2) is 3.06. The fraction of sp³-hybridized carbons (Fsp3) is 0.333. The van der Waals surface area contributed by atoms with Gasteiger partial charge < -0.3 is 4.98 Å². The van der Waals surface area contributed by atoms with Crippen molar-refractivity contribution in [3.05, 3.63) is 30.0 Å². The van der Waals surface area contributed by atoms with Crippen LogP contribution < -0.4 is 0 Å². The van der Waals surface area contributed by atoms with Gasteiger partial charge in [0.25, 0.3) is 0 Å². The van der Waals surface area contributed by atoms with E-state index in [1.165, 1.54) is 34.3 Å². The summed E-state index contributed by atoms with van der Waals surface area (Å²) in [7, 11) is 0. The van der Waals surface area contributed by atoms with Crippen LogP contribution in [0.25, 0.3) is 10.9 Å². The summed E-state index contributed by atoms with van der Waals surface area (Å²) in [6.07, 6.45) is 4.84. The second-order valence-corrected chi connectivity index (χ2v) is 4.83. The lowest BCUT2D eigenvalue weighted by Gasteiger charge is -1.94. The Kier molecular flexibility index (Phi) is 1.84. The number of aromatic amines is 1. The number of aromatic nitrogens is 1. The van der Waals surface area contributed by atoms with Crippen molar-refractivity contribution in [1.29, 1.82) is 0 Å². The molecule has 1 fully saturated rings. The van der Waals surface area contributed by atoms with Crippen LogP contribution in [0.15, 0.2) is 29.2 Å². The highest BCUT2D eigenvalue weighted by Crippen LogP contribution is 2.40. The van der Waals surface area contributed by atoms with Crippen LogP contribution in [0.2, 0.25) is 0 Å². The molecular weight excluding hydrogens is 190 g/mol. The molecule has 1 aromatic heterocycles. The normalized spacial score (nSPS) is 16.4. The molecule has 2 heteroatoms. The van der Waals surface area contributed by atoms with E-state index in [4.69, 9.17) is 0 Å². The molecule has 72 valence electrons. The van der Waals surface area contributed by atoms with Crippen LogP contribution in [0.5, 0.6) is 0 Å². The summed E-state index contributed by atoms with van der Waals surface area (Å²) in [5.41, 5.74) is 2.72. The Bertz CT molecular complexity index is 468. The lowest BCUT2D eigenvalue weighted by molar-refractivity contribution is 1.06. The largest absolute Gasteiger partial charge is 0.358 e. The number of hydrogen-bond acceptors (Lipinski definition) is 1. The van der Waals surface area contributed by atoms with E-state index in [1.807, 2.05) is 0 Å². The van der Waals surface area contributed by atoms with Gasteiger partial charge in [-0.05, 0) is 48.6 Å². The Morgan fingerprint density at radius 2 is 2.14 bits per heavy atom. The molecule has 1 saturated carbocycles. The van der Waals surface area contributed by atoms with E-state index in [0.717, 1.165) is 5.92 Å². The maximum absolute atomic E-state index is 3.52. The summed E-state index contributed by atoms with van der Waals surface area (Å²) in [6, 6.07) is 8.95. The molecule has 1 N–H and O–H groups in total. The molecule has 3 rings (SSSR count). The van der Waals surface area contributed by atoms with Crippen molar-refractivity contribution >= 4 is 22.7 Å².